The predicted octanol–water partition coefficient (Wildman–Crippen LogP) is 19.1. The van der Waals surface area contributed by atoms with E-state index in [2.05, 4.69) is 103 Å². The summed E-state index contributed by atoms with van der Waals surface area (Å²) in [5.74, 6) is 4.26. The largest absolute Gasteiger partial charge is 0.390 e. The number of benzene rings is 1. The Bertz CT molecular complexity index is 2950. The number of epoxide rings is 1. The molecular weight excluding hydrogens is 1230 g/mol. The molecule has 0 amide bonds. The van der Waals surface area contributed by atoms with Crippen molar-refractivity contribution in [1.29, 1.82) is 0 Å². The van der Waals surface area contributed by atoms with E-state index in [0.29, 0.717) is 67.5 Å². The van der Waals surface area contributed by atoms with E-state index in [0.717, 1.165) is 142 Å². The Labute approximate surface area is 591 Å². The van der Waals surface area contributed by atoms with Crippen molar-refractivity contribution >= 4 is 40.7 Å². The molecule has 2 unspecified atom stereocenters. The fourth-order valence-electron chi connectivity index (χ4n) is 12.6. The van der Waals surface area contributed by atoms with Crippen LogP contribution in [-0.2, 0) is 28.7 Å². The van der Waals surface area contributed by atoms with Gasteiger partial charge in [0.25, 0.3) is 0 Å². The summed E-state index contributed by atoms with van der Waals surface area (Å²) in [4.78, 5) is 59.1. The van der Waals surface area contributed by atoms with Crippen LogP contribution >= 0.6 is 11.8 Å². The van der Waals surface area contributed by atoms with Crippen molar-refractivity contribution in [2.24, 2.45) is 41.4 Å². The first-order chi connectivity index (χ1) is 45.2. The first-order valence-electron chi connectivity index (χ1n) is 36.3. The van der Waals surface area contributed by atoms with E-state index in [4.69, 9.17) is 4.74 Å². The summed E-state index contributed by atoms with van der Waals surface area (Å²) in [7, 11) is 0. The first kappa shape index (κ1) is 86.3. The van der Waals surface area contributed by atoms with Gasteiger partial charge in [0.05, 0.1) is 41.2 Å². The number of ketones is 5. The summed E-state index contributed by atoms with van der Waals surface area (Å²) >= 11 is 1.89. The third-order valence-electron chi connectivity index (χ3n) is 20.9. The normalized spacial score (nSPS) is 25.3. The Morgan fingerprint density at radius 2 is 0.887 bits per heavy atom. The Hall–Kier alpha value is -4.92. The molecule has 0 bridgehead atoms. The van der Waals surface area contributed by atoms with Crippen LogP contribution in [0.2, 0.25) is 0 Å². The van der Waals surface area contributed by atoms with Crippen LogP contribution in [0.1, 0.15) is 260 Å². The minimum atomic E-state index is -0.760. The van der Waals surface area contributed by atoms with Crippen LogP contribution in [0.15, 0.2) is 152 Å². The second-order valence-electron chi connectivity index (χ2n) is 31.3. The van der Waals surface area contributed by atoms with Crippen molar-refractivity contribution in [2.45, 2.75) is 299 Å². The summed E-state index contributed by atoms with van der Waals surface area (Å²) < 4.78 is 5.15. The average Bonchev–Trinajstić information content (AvgIpc) is 1.92. The topological polar surface area (TPSA) is 199 Å². The van der Waals surface area contributed by atoms with E-state index in [1.807, 2.05) is 104 Å². The standard InChI is InChI=1S/2C20H32O2.C16H20OS.C10H18O2.C10H16O2.C9H12O2/c2*1-15(2)8-6-9-16(3)10-7-13-20(5,22)18-12-11-17(4)19(21)14-18;1-12-8-9-14(10-16(12)17)13(2)11-18-15-6-4-3-5-7-15;2*1-7-4-5-8(6-9(7)11)10(2,3)12;1-6-2-3-7(4-8(6)10)9-5-11-9/h2*8,10-11,18,22H,6-7,9,12-14H2,1-5H3;3-8,13-14H,9-11H2,1-2H3;4,8-9,11-12H,5-6H2,1-3H3;4,8,12H,5-6H2,1-3H3;2,7,9H,3-5H2,1H3/b2*16-10+;;;;/t18-,20+;18-,20-;13?,14-;8-,9+;8-;7-,9?/m111111/s1. The van der Waals surface area contributed by atoms with Crippen molar-refractivity contribution in [2.75, 3.05) is 12.4 Å². The molecule has 6 aliphatic carbocycles. The summed E-state index contributed by atoms with van der Waals surface area (Å²) in [5.41, 5.74) is 8.03. The van der Waals surface area contributed by atoms with Crippen molar-refractivity contribution in [3.63, 3.8) is 0 Å². The first-order valence-corrected chi connectivity index (χ1v) is 37.3. The van der Waals surface area contributed by atoms with Gasteiger partial charge in [-0.3, -0.25) is 24.0 Å². The number of carbonyl (C=O) groups excluding carboxylic acids is 5. The van der Waals surface area contributed by atoms with Crippen LogP contribution in [0.5, 0.6) is 0 Å². The van der Waals surface area contributed by atoms with Crippen molar-refractivity contribution in [1.82, 2.24) is 0 Å². The number of aliphatic hydroxyl groups excluding tert-OH is 1. The second kappa shape index (κ2) is 41.7. The van der Waals surface area contributed by atoms with Gasteiger partial charge in [-0.2, -0.15) is 0 Å². The zero-order chi connectivity index (χ0) is 73.0. The quantitative estimate of drug-likeness (QED) is 0.0444. The molecule has 542 valence electrons. The summed E-state index contributed by atoms with van der Waals surface area (Å²) in [5, 5.41) is 50.3. The molecule has 0 saturated carbocycles. The molecule has 1 fully saturated rings. The molecular formula is C85H130O11S. The molecule has 5 N–H and O–H groups in total. The third kappa shape index (κ3) is 33.4. The molecule has 1 saturated heterocycles. The van der Waals surface area contributed by atoms with E-state index in [1.54, 1.807) is 27.7 Å². The van der Waals surface area contributed by atoms with E-state index in [9.17, 15) is 49.5 Å². The van der Waals surface area contributed by atoms with Gasteiger partial charge in [-0.15, -0.1) is 11.8 Å². The highest BCUT2D eigenvalue weighted by atomic mass is 32.2. The van der Waals surface area contributed by atoms with E-state index in [-0.39, 0.29) is 47.1 Å². The fourth-order valence-corrected chi connectivity index (χ4v) is 13.6. The molecule has 1 aromatic rings. The maximum absolute atomic E-state index is 11.8. The van der Waals surface area contributed by atoms with Gasteiger partial charge in [-0.25, -0.2) is 0 Å². The van der Waals surface area contributed by atoms with Crippen LogP contribution < -0.4 is 0 Å². The van der Waals surface area contributed by atoms with Gasteiger partial charge in [0.15, 0.2) is 28.9 Å². The van der Waals surface area contributed by atoms with Gasteiger partial charge in [-0.1, -0.05) is 108 Å². The molecule has 11 nitrogen and oxygen atoms in total. The van der Waals surface area contributed by atoms with Crippen molar-refractivity contribution in [3.05, 3.63) is 147 Å². The molecule has 1 heterocycles. The molecule has 12 heteroatoms. The van der Waals surface area contributed by atoms with E-state index in [1.165, 1.54) is 27.2 Å². The number of ether oxygens (including phenoxy) is 1. The predicted molar refractivity (Wildman–Crippen MR) is 403 cm³/mol. The third-order valence-corrected chi connectivity index (χ3v) is 22.2. The van der Waals surface area contributed by atoms with Crippen LogP contribution in [0, 0.1) is 41.4 Å². The monoisotopic (exact) mass is 1360 g/mol. The lowest BCUT2D eigenvalue weighted by Crippen LogP contribution is -2.37. The number of allylic oxidation sites excluding steroid dienone is 19. The SMILES string of the molecule is CC(C)=CCC/C(C)=C/CC[C@@](C)(O)[C@@H]1CC=C(C)C(=O)C1.CC(C)=CCC/C(C)=C/CC[C@](C)(O)[C@@H]1CC=C(C)C(=O)C1.CC1=CC[C@@H](C(C)(C)O)CC1=O.CC1=CC[C@@H](C(C)(C)O)C[C@@H]1O.CC1=CC[C@@H](C(C)CSc2ccccc2)CC1=O.CC1=CC[C@@H](C2CO2)CC1=O. The molecule has 1 aliphatic heterocycles. The minimum absolute atomic E-state index is 0.0584. The molecule has 1 aromatic carbocycles. The summed E-state index contributed by atoms with van der Waals surface area (Å²) in [6.07, 6.45) is 37.6. The highest BCUT2D eigenvalue weighted by Crippen LogP contribution is 2.38. The van der Waals surface area contributed by atoms with Crippen LogP contribution in [-0.4, -0.2) is 101 Å². The number of thioether (sulfide) groups is 1. The molecule has 11 atom stereocenters. The van der Waals surface area contributed by atoms with Gasteiger partial charge < -0.3 is 30.3 Å². The molecule has 0 spiro atoms. The van der Waals surface area contributed by atoms with Crippen molar-refractivity contribution < 1.29 is 54.2 Å². The number of Topliss-reactive ketones (excluding diaryl/α,β-unsaturated/α-hetero) is 5. The lowest BCUT2D eigenvalue weighted by Gasteiger charge is -2.34. The molecule has 7 aliphatic rings. The lowest BCUT2D eigenvalue weighted by atomic mass is 9.76. The Balaban J connectivity index is 0.000000309. The van der Waals surface area contributed by atoms with Crippen LogP contribution in [0.4, 0.5) is 0 Å². The van der Waals surface area contributed by atoms with Gasteiger partial charge in [-0.05, 0) is 308 Å². The lowest BCUT2D eigenvalue weighted by molar-refractivity contribution is -0.120. The van der Waals surface area contributed by atoms with E-state index < -0.39 is 22.4 Å². The maximum Gasteiger partial charge on any atom is 0.158 e. The molecule has 97 heavy (non-hydrogen) atoms. The van der Waals surface area contributed by atoms with Crippen LogP contribution in [0.3, 0.4) is 0 Å². The molecule has 0 radical (unpaired) electrons. The van der Waals surface area contributed by atoms with Gasteiger partial charge in [0.1, 0.15) is 0 Å². The number of hydrogen-bond acceptors (Lipinski definition) is 12. The maximum atomic E-state index is 11.8. The Morgan fingerprint density at radius 3 is 1.27 bits per heavy atom. The smallest absolute Gasteiger partial charge is 0.158 e. The number of hydrogen-bond donors (Lipinski definition) is 5. The zero-order valence-corrected chi connectivity index (χ0v) is 64.3. The van der Waals surface area contributed by atoms with Gasteiger partial charge in [0.2, 0.25) is 0 Å². The second-order valence-corrected chi connectivity index (χ2v) is 32.4. The molecule has 0 aromatic heterocycles. The van der Waals surface area contributed by atoms with Gasteiger partial charge in [0, 0.05) is 42.8 Å². The molecule has 8 rings (SSSR count). The minimum Gasteiger partial charge on any atom is -0.390 e. The number of aliphatic hydroxyl groups is 5. The Kier molecular flexibility index (Phi) is 37.1. The van der Waals surface area contributed by atoms with Crippen molar-refractivity contribution in [3.8, 4) is 0 Å². The number of carbonyl (C=O) groups is 5. The highest BCUT2D eigenvalue weighted by molar-refractivity contribution is 7.99. The number of rotatable bonds is 21. The summed E-state index contributed by atoms with van der Waals surface area (Å²) in [6.45, 7) is 38.2. The fraction of sp³-hybridized carbons (Fsp3) is 0.635. The van der Waals surface area contributed by atoms with E-state index >= 15 is 0 Å². The zero-order valence-electron chi connectivity index (χ0n) is 63.5. The highest BCUT2D eigenvalue weighted by Gasteiger charge is 2.38. The average molecular weight is 1360 g/mol. The summed E-state index contributed by atoms with van der Waals surface area (Å²) in [6, 6.07) is 10.5. The van der Waals surface area contributed by atoms with Crippen LogP contribution in [0.25, 0.3) is 0 Å². The van der Waals surface area contributed by atoms with Gasteiger partial charge >= 0.3 is 0 Å². The Morgan fingerprint density at radius 1 is 0.505 bits per heavy atom.